The Bertz CT molecular complexity index is 1500. The fraction of sp³-hybridized carbons (Fsp3) is 0.269. The highest BCUT2D eigenvalue weighted by Gasteiger charge is 2.34. The molecule has 3 aromatic rings. The van der Waals surface area contributed by atoms with Gasteiger partial charge in [0.05, 0.1) is 47.2 Å². The monoisotopic (exact) mass is 512 g/mol. The Morgan fingerprint density at radius 3 is 2.60 bits per heavy atom. The molecular formula is C26H25ClN2O5S. The Balaban J connectivity index is 1.93. The molecule has 0 bridgehead atoms. The van der Waals surface area contributed by atoms with Gasteiger partial charge in [-0.15, -0.1) is 0 Å². The lowest BCUT2D eigenvalue weighted by molar-refractivity contribution is -0.143. The molecule has 1 aromatic heterocycles. The molecule has 0 aliphatic carbocycles. The van der Waals surface area contributed by atoms with E-state index in [0.29, 0.717) is 37.1 Å². The van der Waals surface area contributed by atoms with E-state index in [1.54, 1.807) is 57.8 Å². The number of thiazole rings is 1. The van der Waals surface area contributed by atoms with Gasteiger partial charge >= 0.3 is 5.97 Å². The summed E-state index contributed by atoms with van der Waals surface area (Å²) in [5.74, 6) is 0.654. The van der Waals surface area contributed by atoms with Gasteiger partial charge in [-0.1, -0.05) is 41.1 Å². The molecule has 0 spiro atoms. The Morgan fingerprint density at radius 2 is 1.94 bits per heavy atom. The van der Waals surface area contributed by atoms with E-state index in [4.69, 9.17) is 25.8 Å². The zero-order valence-electron chi connectivity index (χ0n) is 20.0. The van der Waals surface area contributed by atoms with Gasteiger partial charge in [-0.3, -0.25) is 9.36 Å². The van der Waals surface area contributed by atoms with Crippen molar-refractivity contribution >= 4 is 35.0 Å². The molecule has 2 heterocycles. The summed E-state index contributed by atoms with van der Waals surface area (Å²) in [6.07, 6.45) is 1.43. The number of benzene rings is 2. The summed E-state index contributed by atoms with van der Waals surface area (Å²) < 4.78 is 18.1. The molecule has 0 N–H and O–H groups in total. The zero-order chi connectivity index (χ0) is 25.3. The second-order valence-electron chi connectivity index (χ2n) is 8.21. The normalized spacial score (nSPS) is 15.6. The van der Waals surface area contributed by atoms with Crippen molar-refractivity contribution in [1.82, 2.24) is 4.57 Å². The SMILES string of the molecule is COc1cccc([C@H]2C(C(=O)OC(C)C)=C(C)N=c3s/c(=C\c4ccc(OC)c(Cl)c4)c(=O)n32)c1. The Labute approximate surface area is 211 Å². The highest BCUT2D eigenvalue weighted by Crippen LogP contribution is 2.32. The number of hydrogen-bond donors (Lipinski definition) is 0. The van der Waals surface area contributed by atoms with E-state index in [2.05, 4.69) is 4.99 Å². The summed E-state index contributed by atoms with van der Waals surface area (Å²) in [6, 6.07) is 11.9. The van der Waals surface area contributed by atoms with Gasteiger partial charge in [0.1, 0.15) is 11.5 Å². The molecule has 0 fully saturated rings. The van der Waals surface area contributed by atoms with E-state index in [9.17, 15) is 9.59 Å². The second-order valence-corrected chi connectivity index (χ2v) is 9.62. The average molecular weight is 513 g/mol. The minimum Gasteiger partial charge on any atom is -0.497 e. The highest BCUT2D eigenvalue weighted by molar-refractivity contribution is 7.07. The molecule has 182 valence electrons. The molecule has 35 heavy (non-hydrogen) atoms. The predicted octanol–water partition coefficient (Wildman–Crippen LogP) is 3.86. The van der Waals surface area contributed by atoms with Crippen molar-refractivity contribution in [3.8, 4) is 11.5 Å². The third kappa shape index (κ3) is 4.90. The number of nitrogens with zero attached hydrogens (tertiary/aromatic N) is 2. The number of rotatable bonds is 6. The lowest BCUT2D eigenvalue weighted by Gasteiger charge is -2.25. The molecule has 0 unspecified atom stereocenters. The first-order chi connectivity index (χ1) is 16.7. The standard InChI is InChI=1S/C26H25ClN2O5S/c1-14(2)34-25(31)22-15(3)28-26-29(23(22)17-7-6-8-18(13-17)32-4)24(30)21(35-26)12-16-9-10-20(33-5)19(27)11-16/h6-14,23H,1-5H3/b21-12-/t23-/m0/s1. The Morgan fingerprint density at radius 1 is 1.17 bits per heavy atom. The first kappa shape index (κ1) is 24.8. The second kappa shape index (κ2) is 10.1. The maximum Gasteiger partial charge on any atom is 0.338 e. The van der Waals surface area contributed by atoms with Gasteiger partial charge in [0, 0.05) is 0 Å². The lowest BCUT2D eigenvalue weighted by Crippen LogP contribution is -2.40. The van der Waals surface area contributed by atoms with Crippen molar-refractivity contribution in [2.45, 2.75) is 32.9 Å². The van der Waals surface area contributed by atoms with Gasteiger partial charge in [0.25, 0.3) is 5.56 Å². The average Bonchev–Trinajstić information content (AvgIpc) is 3.12. The number of halogens is 1. The van der Waals surface area contributed by atoms with E-state index in [1.165, 1.54) is 11.3 Å². The number of esters is 1. The van der Waals surface area contributed by atoms with Crippen LogP contribution in [-0.2, 0) is 9.53 Å². The Hall–Kier alpha value is -3.36. The molecule has 0 amide bonds. The van der Waals surface area contributed by atoms with Crippen LogP contribution in [-0.4, -0.2) is 30.9 Å². The van der Waals surface area contributed by atoms with Gasteiger partial charge in [-0.2, -0.15) is 0 Å². The summed E-state index contributed by atoms with van der Waals surface area (Å²) in [4.78, 5) is 31.9. The molecule has 7 nitrogen and oxygen atoms in total. The van der Waals surface area contributed by atoms with Crippen molar-refractivity contribution in [3.63, 3.8) is 0 Å². The van der Waals surface area contributed by atoms with Gasteiger partial charge in [0.15, 0.2) is 4.80 Å². The zero-order valence-corrected chi connectivity index (χ0v) is 21.6. The fourth-order valence-electron chi connectivity index (χ4n) is 3.91. The number of carbonyl (C=O) groups excluding carboxylic acids is 1. The summed E-state index contributed by atoms with van der Waals surface area (Å²) in [7, 11) is 3.11. The molecule has 0 radical (unpaired) electrons. The van der Waals surface area contributed by atoms with Crippen LogP contribution in [0, 0.1) is 0 Å². The van der Waals surface area contributed by atoms with E-state index in [-0.39, 0.29) is 11.7 Å². The minimum atomic E-state index is -0.714. The number of ether oxygens (including phenoxy) is 3. The maximum absolute atomic E-state index is 13.7. The fourth-order valence-corrected chi connectivity index (χ4v) is 5.22. The van der Waals surface area contributed by atoms with Gasteiger partial charge < -0.3 is 14.2 Å². The van der Waals surface area contributed by atoms with Gasteiger partial charge in [0.2, 0.25) is 0 Å². The third-order valence-corrected chi connectivity index (χ3v) is 6.75. The van der Waals surface area contributed by atoms with Crippen LogP contribution in [0.1, 0.15) is 37.9 Å². The van der Waals surface area contributed by atoms with Crippen molar-refractivity contribution < 1.29 is 19.0 Å². The van der Waals surface area contributed by atoms with E-state index in [0.717, 1.165) is 11.1 Å². The molecule has 0 saturated heterocycles. The summed E-state index contributed by atoms with van der Waals surface area (Å²) in [5.41, 5.74) is 2.02. The largest absolute Gasteiger partial charge is 0.497 e. The first-order valence-electron chi connectivity index (χ1n) is 10.9. The van der Waals surface area contributed by atoms with Crippen molar-refractivity contribution in [2.75, 3.05) is 14.2 Å². The number of aromatic nitrogens is 1. The highest BCUT2D eigenvalue weighted by atomic mass is 35.5. The molecular weight excluding hydrogens is 488 g/mol. The smallest absolute Gasteiger partial charge is 0.338 e. The summed E-state index contributed by atoms with van der Waals surface area (Å²) in [5, 5.41) is 0.442. The molecule has 1 atom stereocenters. The topological polar surface area (TPSA) is 79.1 Å². The van der Waals surface area contributed by atoms with Crippen LogP contribution in [0.3, 0.4) is 0 Å². The summed E-state index contributed by atoms with van der Waals surface area (Å²) in [6.45, 7) is 5.32. The van der Waals surface area contributed by atoms with Crippen LogP contribution in [0.15, 0.2) is 63.5 Å². The van der Waals surface area contributed by atoms with E-state index in [1.807, 2.05) is 30.3 Å². The number of hydrogen-bond acceptors (Lipinski definition) is 7. The Kier molecular flexibility index (Phi) is 7.14. The van der Waals surface area contributed by atoms with Crippen LogP contribution >= 0.6 is 22.9 Å². The predicted molar refractivity (Wildman–Crippen MR) is 136 cm³/mol. The molecule has 2 aromatic carbocycles. The van der Waals surface area contributed by atoms with E-state index >= 15 is 0 Å². The van der Waals surface area contributed by atoms with Crippen molar-refractivity contribution in [3.05, 3.63) is 89.6 Å². The molecule has 4 rings (SSSR count). The van der Waals surface area contributed by atoms with Crippen LogP contribution in [0.4, 0.5) is 0 Å². The van der Waals surface area contributed by atoms with Gasteiger partial charge in [-0.05, 0) is 62.2 Å². The van der Waals surface area contributed by atoms with Gasteiger partial charge in [-0.25, -0.2) is 9.79 Å². The third-order valence-electron chi connectivity index (χ3n) is 5.47. The van der Waals surface area contributed by atoms with Crippen LogP contribution in [0.5, 0.6) is 11.5 Å². The molecule has 9 heteroatoms. The summed E-state index contributed by atoms with van der Waals surface area (Å²) >= 11 is 7.52. The van der Waals surface area contributed by atoms with E-state index < -0.39 is 12.0 Å². The number of carbonyl (C=O) groups is 1. The quantitative estimate of drug-likeness (QED) is 0.469. The van der Waals surface area contributed by atoms with Crippen LogP contribution in [0.2, 0.25) is 5.02 Å². The molecule has 1 aliphatic heterocycles. The lowest BCUT2D eigenvalue weighted by atomic mass is 9.95. The minimum absolute atomic E-state index is 0.268. The maximum atomic E-state index is 13.7. The number of methoxy groups -OCH3 is 2. The van der Waals surface area contributed by atoms with Crippen molar-refractivity contribution in [2.24, 2.45) is 4.99 Å². The molecule has 0 saturated carbocycles. The number of allylic oxidation sites excluding steroid dienone is 1. The first-order valence-corrected chi connectivity index (χ1v) is 12.1. The van der Waals surface area contributed by atoms with Crippen LogP contribution in [0.25, 0.3) is 6.08 Å². The molecule has 1 aliphatic rings. The van der Waals surface area contributed by atoms with Crippen LogP contribution < -0.4 is 24.4 Å². The number of fused-ring (bicyclic) bond motifs is 1. The van der Waals surface area contributed by atoms with Crippen molar-refractivity contribution in [1.29, 1.82) is 0 Å².